The Morgan fingerprint density at radius 2 is 1.76 bits per heavy atom. The molecular formula is C14H15N3. The molecule has 17 heavy (non-hydrogen) atoms. The number of benzene rings is 2. The molecule has 0 heterocycles. The Labute approximate surface area is 101 Å². The van der Waals surface area contributed by atoms with Crippen molar-refractivity contribution in [1.29, 1.82) is 0 Å². The van der Waals surface area contributed by atoms with Crippen LogP contribution in [0.5, 0.6) is 0 Å². The number of rotatable bonds is 3. The van der Waals surface area contributed by atoms with Crippen LogP contribution in [0.25, 0.3) is 0 Å². The van der Waals surface area contributed by atoms with E-state index in [9.17, 15) is 0 Å². The molecule has 1 unspecified atom stereocenters. The molecule has 2 aromatic carbocycles. The molecule has 2 aromatic rings. The normalized spacial score (nSPS) is 12.8. The molecule has 0 aliphatic carbocycles. The maximum absolute atomic E-state index is 5.96. The first-order valence-corrected chi connectivity index (χ1v) is 5.45. The van der Waals surface area contributed by atoms with Gasteiger partial charge in [0.25, 0.3) is 0 Å². The highest BCUT2D eigenvalue weighted by Crippen LogP contribution is 2.14. The number of hydrogen-bond donors (Lipinski definition) is 2. The second kappa shape index (κ2) is 5.27. The molecule has 2 rings (SSSR count). The molecule has 1 atom stereocenters. The molecular weight excluding hydrogens is 210 g/mol. The van der Waals surface area contributed by atoms with Crippen molar-refractivity contribution in [3.05, 3.63) is 65.7 Å². The average Bonchev–Trinajstić information content (AvgIpc) is 2.37. The molecule has 0 aliphatic rings. The van der Waals surface area contributed by atoms with Crippen LogP contribution >= 0.6 is 0 Å². The Bertz CT molecular complexity index is 506. The van der Waals surface area contributed by atoms with Crippen molar-refractivity contribution < 1.29 is 0 Å². The molecule has 0 bridgehead atoms. The summed E-state index contributed by atoms with van der Waals surface area (Å²) in [5.41, 5.74) is 14.3. The maximum atomic E-state index is 5.96. The summed E-state index contributed by atoms with van der Waals surface area (Å²) in [5.74, 6) is 0. The van der Waals surface area contributed by atoms with Crippen molar-refractivity contribution in [1.82, 2.24) is 0 Å². The summed E-state index contributed by atoms with van der Waals surface area (Å²) in [6.07, 6.45) is 1.40. The first-order chi connectivity index (χ1) is 8.25. The van der Waals surface area contributed by atoms with Gasteiger partial charge in [0.15, 0.2) is 0 Å². The minimum Gasteiger partial charge on any atom is -0.399 e. The zero-order valence-electron chi connectivity index (χ0n) is 9.45. The predicted octanol–water partition coefficient (Wildman–Crippen LogP) is 2.35. The van der Waals surface area contributed by atoms with Gasteiger partial charge < -0.3 is 11.5 Å². The van der Waals surface area contributed by atoms with Crippen LogP contribution < -0.4 is 11.5 Å². The quantitative estimate of drug-likeness (QED) is 0.622. The summed E-state index contributed by atoms with van der Waals surface area (Å²) in [7, 11) is 0. The van der Waals surface area contributed by atoms with Crippen molar-refractivity contribution >= 4 is 11.9 Å². The minimum atomic E-state index is -0.376. The summed E-state index contributed by atoms with van der Waals surface area (Å²) in [5, 5.41) is 0. The van der Waals surface area contributed by atoms with Crippen LogP contribution in [0.4, 0.5) is 5.69 Å². The van der Waals surface area contributed by atoms with E-state index in [2.05, 4.69) is 4.99 Å². The molecule has 86 valence electrons. The highest BCUT2D eigenvalue weighted by atomic mass is 14.9. The number of nitrogen functional groups attached to an aromatic ring is 1. The highest BCUT2D eigenvalue weighted by Gasteiger charge is 2.02. The molecule has 3 nitrogen and oxygen atoms in total. The van der Waals surface area contributed by atoms with E-state index in [1.165, 1.54) is 0 Å². The Morgan fingerprint density at radius 1 is 1.00 bits per heavy atom. The summed E-state index contributed by atoms with van der Waals surface area (Å²) in [6, 6.07) is 17.3. The van der Waals surface area contributed by atoms with Gasteiger partial charge in [-0.2, -0.15) is 0 Å². The van der Waals surface area contributed by atoms with Crippen LogP contribution in [0.1, 0.15) is 17.3 Å². The molecule has 3 heteroatoms. The van der Waals surface area contributed by atoms with E-state index < -0.39 is 0 Å². The lowest BCUT2D eigenvalue weighted by Crippen LogP contribution is -2.08. The zero-order chi connectivity index (χ0) is 12.1. The lowest BCUT2D eigenvalue weighted by molar-refractivity contribution is 0.781. The van der Waals surface area contributed by atoms with Crippen LogP contribution in [-0.2, 0) is 0 Å². The van der Waals surface area contributed by atoms with E-state index in [0.717, 1.165) is 11.1 Å². The van der Waals surface area contributed by atoms with Crippen molar-refractivity contribution in [2.24, 2.45) is 10.7 Å². The monoisotopic (exact) mass is 225 g/mol. The number of nitrogens with two attached hydrogens (primary N) is 2. The smallest absolute Gasteiger partial charge is 0.123 e. The second-order valence-corrected chi connectivity index (χ2v) is 3.80. The van der Waals surface area contributed by atoms with Crippen LogP contribution in [-0.4, -0.2) is 6.21 Å². The van der Waals surface area contributed by atoms with Crippen molar-refractivity contribution in [2.45, 2.75) is 6.17 Å². The lowest BCUT2D eigenvalue weighted by Gasteiger charge is -2.07. The van der Waals surface area contributed by atoms with Gasteiger partial charge in [-0.05, 0) is 23.3 Å². The third kappa shape index (κ3) is 3.16. The van der Waals surface area contributed by atoms with Crippen molar-refractivity contribution in [3.63, 3.8) is 0 Å². The molecule has 0 fully saturated rings. The third-order valence-electron chi connectivity index (χ3n) is 2.44. The van der Waals surface area contributed by atoms with E-state index in [1.54, 1.807) is 6.21 Å². The number of nitrogens with zero attached hydrogens (tertiary/aromatic N) is 1. The third-order valence-corrected chi connectivity index (χ3v) is 2.44. The molecule has 0 aliphatic heterocycles. The molecule has 0 aromatic heterocycles. The summed E-state index contributed by atoms with van der Waals surface area (Å²) in [4.78, 5) is 4.30. The lowest BCUT2D eigenvalue weighted by atomic mass is 10.1. The van der Waals surface area contributed by atoms with Gasteiger partial charge in [0, 0.05) is 11.9 Å². The van der Waals surface area contributed by atoms with Gasteiger partial charge in [0.05, 0.1) is 0 Å². The first-order valence-electron chi connectivity index (χ1n) is 5.45. The van der Waals surface area contributed by atoms with Crippen molar-refractivity contribution in [3.8, 4) is 0 Å². The zero-order valence-corrected chi connectivity index (χ0v) is 9.45. The largest absolute Gasteiger partial charge is 0.399 e. The number of aliphatic imine (C=N–C) groups is 1. The summed E-state index contributed by atoms with van der Waals surface area (Å²) < 4.78 is 0. The SMILES string of the molecule is Nc1cccc(C(N)/N=C/c2ccccc2)c1. The molecule has 0 saturated carbocycles. The van der Waals surface area contributed by atoms with E-state index in [0.29, 0.717) is 5.69 Å². The standard InChI is InChI=1S/C14H15N3/c15-13-8-4-7-12(9-13)14(16)17-10-11-5-2-1-3-6-11/h1-10,14H,15-16H2/b17-10+. The fourth-order valence-electron chi connectivity index (χ4n) is 1.53. The fourth-order valence-corrected chi connectivity index (χ4v) is 1.53. The summed E-state index contributed by atoms with van der Waals surface area (Å²) >= 11 is 0. The van der Waals surface area contributed by atoms with Crippen LogP contribution in [0.2, 0.25) is 0 Å². The van der Waals surface area contributed by atoms with E-state index in [1.807, 2.05) is 54.6 Å². The van der Waals surface area contributed by atoms with Gasteiger partial charge in [-0.25, -0.2) is 0 Å². The summed E-state index contributed by atoms with van der Waals surface area (Å²) in [6.45, 7) is 0. The van der Waals surface area contributed by atoms with E-state index >= 15 is 0 Å². The second-order valence-electron chi connectivity index (χ2n) is 3.80. The topological polar surface area (TPSA) is 64.4 Å². The molecule has 0 saturated heterocycles. The van der Waals surface area contributed by atoms with Crippen molar-refractivity contribution in [2.75, 3.05) is 5.73 Å². The van der Waals surface area contributed by atoms with Gasteiger partial charge in [0.2, 0.25) is 0 Å². The Balaban J connectivity index is 2.12. The van der Waals surface area contributed by atoms with Crippen LogP contribution in [0.3, 0.4) is 0 Å². The molecule has 4 N–H and O–H groups in total. The average molecular weight is 225 g/mol. The number of anilines is 1. The Morgan fingerprint density at radius 3 is 2.47 bits per heavy atom. The number of hydrogen-bond acceptors (Lipinski definition) is 3. The Hall–Kier alpha value is -2.13. The van der Waals surface area contributed by atoms with Gasteiger partial charge in [-0.15, -0.1) is 0 Å². The Kier molecular flexibility index (Phi) is 3.52. The molecule has 0 amide bonds. The minimum absolute atomic E-state index is 0.376. The molecule has 0 radical (unpaired) electrons. The molecule has 0 spiro atoms. The van der Waals surface area contributed by atoms with E-state index in [4.69, 9.17) is 11.5 Å². The van der Waals surface area contributed by atoms with Crippen LogP contribution in [0, 0.1) is 0 Å². The highest BCUT2D eigenvalue weighted by molar-refractivity contribution is 5.79. The predicted molar refractivity (Wildman–Crippen MR) is 71.8 cm³/mol. The maximum Gasteiger partial charge on any atom is 0.123 e. The van der Waals surface area contributed by atoms with E-state index in [-0.39, 0.29) is 6.17 Å². The fraction of sp³-hybridized carbons (Fsp3) is 0.0714. The van der Waals surface area contributed by atoms with Gasteiger partial charge >= 0.3 is 0 Å². The van der Waals surface area contributed by atoms with Gasteiger partial charge in [-0.3, -0.25) is 4.99 Å². The first kappa shape index (κ1) is 11.4. The van der Waals surface area contributed by atoms with Gasteiger partial charge in [0.1, 0.15) is 6.17 Å². The van der Waals surface area contributed by atoms with Crippen LogP contribution in [0.15, 0.2) is 59.6 Å². The van der Waals surface area contributed by atoms with Gasteiger partial charge in [-0.1, -0.05) is 42.5 Å².